The van der Waals surface area contributed by atoms with Gasteiger partial charge in [0.2, 0.25) is 0 Å². The second kappa shape index (κ2) is 6.19. The van der Waals surface area contributed by atoms with Gasteiger partial charge in [0.15, 0.2) is 0 Å². The summed E-state index contributed by atoms with van der Waals surface area (Å²) in [5.41, 5.74) is 10.4. The van der Waals surface area contributed by atoms with Crippen molar-refractivity contribution in [1.29, 1.82) is 0 Å². The summed E-state index contributed by atoms with van der Waals surface area (Å²) in [5, 5.41) is 2.31. The number of methoxy groups -OCH3 is 1. The lowest BCUT2D eigenvalue weighted by atomic mass is 10.4. The lowest BCUT2D eigenvalue weighted by molar-refractivity contribution is -0.347. The third kappa shape index (κ3) is 4.15. The Morgan fingerprint density at radius 1 is 1.32 bits per heavy atom. The Bertz CT molecular complexity index is 530. The molecule has 9 nitrogen and oxygen atoms in total. The molecule has 1 aromatic rings. The highest BCUT2D eigenvalue weighted by Crippen LogP contribution is 2.00. The Morgan fingerprint density at radius 3 is 2.53 bits per heavy atom. The third-order valence-electron chi connectivity index (χ3n) is 2.05. The second-order valence-corrected chi connectivity index (χ2v) is 3.45. The topological polar surface area (TPSA) is 154 Å². The third-order valence-corrected chi connectivity index (χ3v) is 2.05. The minimum atomic E-state index is -0.580. The number of rotatable bonds is 4. The molecule has 0 aromatic carbocycles. The monoisotopic (exact) mass is 268 g/mol. The van der Waals surface area contributed by atoms with Gasteiger partial charge in [0.05, 0.1) is 7.11 Å². The SMILES string of the molecule is COC(=O)CNC(=O)c1ccc(C(=O)[NH+]=C(N)N)[nH]1. The summed E-state index contributed by atoms with van der Waals surface area (Å²) in [6, 6.07) is 2.76. The molecular formula is C10H14N5O4+. The summed E-state index contributed by atoms with van der Waals surface area (Å²) in [5.74, 6) is -1.96. The van der Waals surface area contributed by atoms with Gasteiger partial charge in [-0.2, -0.15) is 0 Å². The number of aromatic amines is 1. The van der Waals surface area contributed by atoms with Gasteiger partial charge in [-0.05, 0) is 12.1 Å². The van der Waals surface area contributed by atoms with E-state index >= 15 is 0 Å². The summed E-state index contributed by atoms with van der Waals surface area (Å²) < 4.78 is 4.37. The predicted octanol–water partition coefficient (Wildman–Crippen LogP) is -3.59. The number of aromatic nitrogens is 1. The molecule has 0 aliphatic rings. The molecule has 0 spiro atoms. The first-order valence-corrected chi connectivity index (χ1v) is 5.17. The normalized spacial score (nSPS) is 9.53. The van der Waals surface area contributed by atoms with Crippen molar-refractivity contribution in [2.24, 2.45) is 11.5 Å². The minimum Gasteiger partial charge on any atom is -0.468 e. The number of nitrogens with one attached hydrogen (secondary N) is 3. The molecule has 0 saturated carbocycles. The maximum Gasteiger partial charge on any atom is 0.346 e. The molecule has 2 amide bonds. The van der Waals surface area contributed by atoms with E-state index in [1.807, 2.05) is 0 Å². The lowest BCUT2D eigenvalue weighted by Gasteiger charge is -2.01. The highest BCUT2D eigenvalue weighted by Gasteiger charge is 2.14. The molecule has 0 fully saturated rings. The van der Waals surface area contributed by atoms with Crippen LogP contribution in [0.5, 0.6) is 0 Å². The Labute approximate surface area is 108 Å². The number of hydrogen-bond acceptors (Lipinski definition) is 4. The van der Waals surface area contributed by atoms with Gasteiger partial charge in [0.1, 0.15) is 17.9 Å². The second-order valence-electron chi connectivity index (χ2n) is 3.45. The Morgan fingerprint density at radius 2 is 1.95 bits per heavy atom. The van der Waals surface area contributed by atoms with Crippen molar-refractivity contribution < 1.29 is 24.1 Å². The van der Waals surface area contributed by atoms with Crippen LogP contribution in [-0.2, 0) is 9.53 Å². The number of hydrogen-bond donors (Lipinski definition) is 5. The molecule has 0 saturated heterocycles. The molecule has 0 aliphatic carbocycles. The summed E-state index contributed by atoms with van der Waals surface area (Å²) >= 11 is 0. The Balaban J connectivity index is 2.69. The van der Waals surface area contributed by atoms with Gasteiger partial charge < -0.3 is 15.0 Å². The van der Waals surface area contributed by atoms with Crippen LogP contribution in [0.4, 0.5) is 0 Å². The molecule has 0 unspecified atom stereocenters. The molecule has 19 heavy (non-hydrogen) atoms. The average Bonchev–Trinajstić information content (AvgIpc) is 2.84. The Kier molecular flexibility index (Phi) is 4.63. The molecule has 1 heterocycles. The van der Waals surface area contributed by atoms with Crippen LogP contribution in [0.15, 0.2) is 12.1 Å². The van der Waals surface area contributed by atoms with E-state index in [4.69, 9.17) is 11.5 Å². The van der Waals surface area contributed by atoms with Gasteiger partial charge in [0.25, 0.3) is 5.91 Å². The van der Waals surface area contributed by atoms with Crippen LogP contribution >= 0.6 is 0 Å². The smallest absolute Gasteiger partial charge is 0.346 e. The zero-order valence-electron chi connectivity index (χ0n) is 10.1. The molecule has 0 aliphatic heterocycles. The summed E-state index contributed by atoms with van der Waals surface area (Å²) in [6.45, 7) is -0.264. The summed E-state index contributed by atoms with van der Waals surface area (Å²) in [7, 11) is 1.21. The van der Waals surface area contributed by atoms with Crippen molar-refractivity contribution in [3.8, 4) is 0 Å². The van der Waals surface area contributed by atoms with Crippen molar-refractivity contribution in [3.63, 3.8) is 0 Å². The number of esters is 1. The minimum absolute atomic E-state index is 0.108. The quantitative estimate of drug-likeness (QED) is 0.216. The van der Waals surface area contributed by atoms with Crippen molar-refractivity contribution in [1.82, 2.24) is 10.3 Å². The van der Waals surface area contributed by atoms with Crippen molar-refractivity contribution >= 4 is 23.7 Å². The summed E-state index contributed by atoms with van der Waals surface area (Å²) in [4.78, 5) is 38.6. The maximum absolute atomic E-state index is 11.6. The van der Waals surface area contributed by atoms with Crippen LogP contribution in [0.1, 0.15) is 21.0 Å². The molecule has 0 radical (unpaired) electrons. The number of amides is 2. The molecule has 9 heteroatoms. The first-order valence-electron chi connectivity index (χ1n) is 5.17. The van der Waals surface area contributed by atoms with E-state index < -0.39 is 17.8 Å². The number of H-pyrrole nitrogens is 1. The predicted molar refractivity (Wildman–Crippen MR) is 63.8 cm³/mol. The van der Waals surface area contributed by atoms with Crippen molar-refractivity contribution in [2.75, 3.05) is 13.7 Å². The first kappa shape index (κ1) is 14.2. The fourth-order valence-electron chi connectivity index (χ4n) is 1.18. The van der Waals surface area contributed by atoms with Gasteiger partial charge in [-0.1, -0.05) is 0 Å². The number of carbonyl (C=O) groups excluding carboxylic acids is 3. The molecule has 1 rings (SSSR count). The van der Waals surface area contributed by atoms with Crippen molar-refractivity contribution in [3.05, 3.63) is 23.5 Å². The average molecular weight is 268 g/mol. The number of guanidine groups is 1. The van der Waals surface area contributed by atoms with Gasteiger partial charge in [-0.25, -0.2) is 9.79 Å². The van der Waals surface area contributed by atoms with E-state index in [-0.39, 0.29) is 23.9 Å². The largest absolute Gasteiger partial charge is 0.468 e. The molecule has 102 valence electrons. The fourth-order valence-corrected chi connectivity index (χ4v) is 1.18. The number of nitrogens with two attached hydrogens (primary N) is 2. The van der Waals surface area contributed by atoms with E-state index in [1.54, 1.807) is 0 Å². The zero-order chi connectivity index (χ0) is 14.4. The van der Waals surface area contributed by atoms with Crippen LogP contribution in [0.2, 0.25) is 0 Å². The first-order chi connectivity index (χ1) is 8.93. The van der Waals surface area contributed by atoms with Gasteiger partial charge in [-0.15, -0.1) is 0 Å². The van der Waals surface area contributed by atoms with E-state index in [9.17, 15) is 14.4 Å². The molecule has 1 aromatic heterocycles. The lowest BCUT2D eigenvalue weighted by Crippen LogP contribution is -2.81. The molecule has 0 atom stereocenters. The summed E-state index contributed by atoms with van der Waals surface area (Å²) in [6.07, 6.45) is 0. The van der Waals surface area contributed by atoms with Crippen LogP contribution in [0.3, 0.4) is 0 Å². The van der Waals surface area contributed by atoms with Crippen LogP contribution < -0.4 is 21.8 Å². The number of carbonyl (C=O) groups is 3. The molecular weight excluding hydrogens is 254 g/mol. The van der Waals surface area contributed by atoms with Crippen LogP contribution in [-0.4, -0.2) is 42.4 Å². The maximum atomic E-state index is 11.6. The van der Waals surface area contributed by atoms with E-state index in [1.165, 1.54) is 19.2 Å². The van der Waals surface area contributed by atoms with Crippen molar-refractivity contribution in [2.45, 2.75) is 0 Å². The standard InChI is InChI=1S/C10H13N5O4/c1-19-7(16)4-13-8(17)5-2-3-6(14-5)9(18)15-10(11)12/h2-3,14H,4H2,1H3,(H,13,17)(H4,11,12,15,18)/p+1. The molecule has 0 bridgehead atoms. The van der Waals surface area contributed by atoms with Gasteiger partial charge >= 0.3 is 17.8 Å². The number of ether oxygens (including phenoxy) is 1. The van der Waals surface area contributed by atoms with E-state index in [0.717, 1.165) is 0 Å². The van der Waals surface area contributed by atoms with Gasteiger partial charge in [0, 0.05) is 0 Å². The zero-order valence-corrected chi connectivity index (χ0v) is 10.1. The van der Waals surface area contributed by atoms with E-state index in [2.05, 4.69) is 20.0 Å². The molecule has 7 N–H and O–H groups in total. The highest BCUT2D eigenvalue weighted by atomic mass is 16.5. The van der Waals surface area contributed by atoms with Gasteiger partial charge in [-0.3, -0.25) is 21.1 Å². The van der Waals surface area contributed by atoms with E-state index in [0.29, 0.717) is 0 Å². The van der Waals surface area contributed by atoms with Crippen LogP contribution in [0, 0.1) is 0 Å². The highest BCUT2D eigenvalue weighted by molar-refractivity contribution is 5.96. The fraction of sp³-hybridized carbons (Fsp3) is 0.200. The van der Waals surface area contributed by atoms with Crippen LogP contribution in [0.25, 0.3) is 0 Å². The Hall–Kier alpha value is -2.84.